The number of fused-ring (bicyclic) bond motifs is 1. The van der Waals surface area contributed by atoms with Crippen molar-refractivity contribution in [2.24, 2.45) is 0 Å². The number of methoxy groups -OCH3 is 1. The van der Waals surface area contributed by atoms with E-state index in [9.17, 15) is 0 Å². The molecule has 166 valence electrons. The average Bonchev–Trinajstić information content (AvgIpc) is 2.79. The number of halogens is 1. The minimum atomic E-state index is -0.144. The summed E-state index contributed by atoms with van der Waals surface area (Å²) < 4.78 is 13.1. The van der Waals surface area contributed by atoms with Crippen LogP contribution in [0.5, 0.6) is 5.75 Å². The molecule has 4 rings (SSSR count). The van der Waals surface area contributed by atoms with Crippen LogP contribution in [0.1, 0.15) is 31.9 Å². The van der Waals surface area contributed by atoms with Crippen LogP contribution in [0.3, 0.4) is 0 Å². The Balaban J connectivity index is 1.60. The minimum Gasteiger partial charge on any atom is -0.496 e. The molecule has 1 unspecified atom stereocenters. The Bertz CT molecular complexity index is 1140. The first kappa shape index (κ1) is 22.6. The van der Waals surface area contributed by atoms with E-state index < -0.39 is 0 Å². The van der Waals surface area contributed by atoms with E-state index in [2.05, 4.69) is 90.6 Å². The summed E-state index contributed by atoms with van der Waals surface area (Å²) in [6, 6.07) is 23.0. The molecule has 0 aliphatic carbocycles. The minimum absolute atomic E-state index is 0.0227. The zero-order chi connectivity index (χ0) is 22.7. The maximum absolute atomic E-state index is 6.34. The van der Waals surface area contributed by atoms with Gasteiger partial charge in [-0.15, -0.1) is 0 Å². The first-order chi connectivity index (χ1) is 15.4. The van der Waals surface area contributed by atoms with Crippen LogP contribution in [0.4, 0.5) is 5.69 Å². The fourth-order valence-corrected chi connectivity index (χ4v) is 4.75. The van der Waals surface area contributed by atoms with Gasteiger partial charge in [0.2, 0.25) is 0 Å². The van der Waals surface area contributed by atoms with Crippen LogP contribution < -0.4 is 10.1 Å². The molecule has 32 heavy (non-hydrogen) atoms. The number of para-hydroxylation sites is 1. The summed E-state index contributed by atoms with van der Waals surface area (Å²) in [5, 5.41) is 3.65. The van der Waals surface area contributed by atoms with Crippen LogP contribution in [-0.2, 0) is 11.2 Å². The summed E-state index contributed by atoms with van der Waals surface area (Å²) in [7, 11) is 1.72. The molecule has 4 heteroatoms. The van der Waals surface area contributed by atoms with E-state index in [1.54, 1.807) is 7.11 Å². The molecule has 3 aromatic rings. The van der Waals surface area contributed by atoms with Gasteiger partial charge in [0.1, 0.15) is 5.75 Å². The number of anilines is 1. The van der Waals surface area contributed by atoms with Crippen LogP contribution in [0.2, 0.25) is 0 Å². The van der Waals surface area contributed by atoms with Gasteiger partial charge in [0.15, 0.2) is 0 Å². The highest BCUT2D eigenvalue weighted by Crippen LogP contribution is 2.40. The lowest BCUT2D eigenvalue weighted by molar-refractivity contribution is 0.106. The fraction of sp³-hybridized carbons (Fsp3) is 0.286. The molecular formula is C28H30BrNO2. The van der Waals surface area contributed by atoms with E-state index in [1.807, 2.05) is 24.3 Å². The third-order valence-electron chi connectivity index (χ3n) is 5.86. The normalized spacial score (nSPS) is 15.3. The van der Waals surface area contributed by atoms with E-state index in [4.69, 9.17) is 9.47 Å². The molecule has 1 atom stereocenters. The molecule has 0 amide bonds. The van der Waals surface area contributed by atoms with Crippen molar-refractivity contribution < 1.29 is 9.47 Å². The Morgan fingerprint density at radius 2 is 1.72 bits per heavy atom. The number of rotatable bonds is 7. The van der Waals surface area contributed by atoms with Crippen molar-refractivity contribution in [3.05, 3.63) is 88.4 Å². The van der Waals surface area contributed by atoms with Crippen molar-refractivity contribution in [2.45, 2.75) is 38.8 Å². The second-order valence-electron chi connectivity index (χ2n) is 8.76. The Morgan fingerprint density at radius 3 is 2.50 bits per heavy atom. The van der Waals surface area contributed by atoms with Gasteiger partial charge in [-0.2, -0.15) is 0 Å². The number of benzene rings is 3. The topological polar surface area (TPSA) is 30.5 Å². The summed E-state index contributed by atoms with van der Waals surface area (Å²) in [5.41, 5.74) is 6.87. The molecule has 0 fully saturated rings. The molecule has 0 radical (unpaired) electrons. The third kappa shape index (κ3) is 4.92. The van der Waals surface area contributed by atoms with Crippen molar-refractivity contribution in [3.8, 4) is 16.9 Å². The van der Waals surface area contributed by atoms with E-state index >= 15 is 0 Å². The number of ether oxygens (including phenoxy) is 2. The Kier molecular flexibility index (Phi) is 6.73. The first-order valence-electron chi connectivity index (χ1n) is 11.0. The largest absolute Gasteiger partial charge is 0.496 e. The van der Waals surface area contributed by atoms with Crippen molar-refractivity contribution in [1.29, 1.82) is 0 Å². The third-order valence-corrected chi connectivity index (χ3v) is 6.63. The summed E-state index contributed by atoms with van der Waals surface area (Å²) in [4.78, 5) is 0. The molecule has 3 aromatic carbocycles. The quantitative estimate of drug-likeness (QED) is 0.374. The van der Waals surface area contributed by atoms with Crippen LogP contribution in [0.15, 0.2) is 77.3 Å². The summed E-state index contributed by atoms with van der Waals surface area (Å²) in [6.07, 6.45) is 3.14. The van der Waals surface area contributed by atoms with Gasteiger partial charge in [0.25, 0.3) is 0 Å². The van der Waals surface area contributed by atoms with E-state index in [0.29, 0.717) is 6.61 Å². The molecule has 0 bridgehead atoms. The van der Waals surface area contributed by atoms with E-state index in [-0.39, 0.29) is 11.6 Å². The van der Waals surface area contributed by atoms with Crippen LogP contribution in [-0.4, -0.2) is 25.4 Å². The van der Waals surface area contributed by atoms with Crippen LogP contribution in [0.25, 0.3) is 16.7 Å². The van der Waals surface area contributed by atoms with E-state index in [1.165, 1.54) is 16.7 Å². The smallest absolute Gasteiger partial charge is 0.126 e. The Morgan fingerprint density at radius 1 is 0.969 bits per heavy atom. The van der Waals surface area contributed by atoms with Crippen molar-refractivity contribution in [3.63, 3.8) is 0 Å². The number of nitrogens with one attached hydrogen (secondary N) is 1. The summed E-state index contributed by atoms with van der Waals surface area (Å²) >= 11 is 3.63. The highest BCUT2D eigenvalue weighted by Gasteiger charge is 2.27. The standard InChI is InChI=1S/C28H30BrNO2/c1-19(32-16-15-20-9-5-7-11-25(20)29)24-18-28(2,3)30-26-14-13-21(17-23(24)26)22-10-6-8-12-27(22)31-4/h5-14,17-19,30H,15-16H2,1-4H3. The molecule has 0 spiro atoms. The zero-order valence-electron chi connectivity index (χ0n) is 19.1. The van der Waals surface area contributed by atoms with Gasteiger partial charge in [0.05, 0.1) is 25.4 Å². The van der Waals surface area contributed by atoms with Gasteiger partial charge in [-0.05, 0) is 68.2 Å². The molecule has 3 nitrogen and oxygen atoms in total. The Hall–Kier alpha value is -2.56. The summed E-state index contributed by atoms with van der Waals surface area (Å²) in [5.74, 6) is 0.875. The fourth-order valence-electron chi connectivity index (χ4n) is 4.27. The lowest BCUT2D eigenvalue weighted by Crippen LogP contribution is -2.33. The lowest BCUT2D eigenvalue weighted by atomic mass is 9.86. The number of hydrogen-bond donors (Lipinski definition) is 1. The highest BCUT2D eigenvalue weighted by molar-refractivity contribution is 9.10. The van der Waals surface area contributed by atoms with Gasteiger partial charge in [-0.1, -0.05) is 64.5 Å². The SMILES string of the molecule is COc1ccccc1-c1ccc2c(c1)C(C(C)OCCc1ccccc1Br)=CC(C)(C)N2. The van der Waals surface area contributed by atoms with Crippen molar-refractivity contribution in [1.82, 2.24) is 0 Å². The second-order valence-corrected chi connectivity index (χ2v) is 9.62. The van der Waals surface area contributed by atoms with Crippen LogP contribution in [0, 0.1) is 0 Å². The molecule has 0 aromatic heterocycles. The first-order valence-corrected chi connectivity index (χ1v) is 11.8. The van der Waals surface area contributed by atoms with Crippen LogP contribution >= 0.6 is 15.9 Å². The predicted octanol–water partition coefficient (Wildman–Crippen LogP) is 7.36. The molecular weight excluding hydrogens is 462 g/mol. The van der Waals surface area contributed by atoms with Gasteiger partial charge in [0, 0.05) is 21.3 Å². The second kappa shape index (κ2) is 9.51. The van der Waals surface area contributed by atoms with Gasteiger partial charge < -0.3 is 14.8 Å². The molecule has 0 saturated carbocycles. The van der Waals surface area contributed by atoms with Gasteiger partial charge in [-0.3, -0.25) is 0 Å². The maximum atomic E-state index is 6.34. The lowest BCUT2D eigenvalue weighted by Gasteiger charge is -2.34. The maximum Gasteiger partial charge on any atom is 0.126 e. The van der Waals surface area contributed by atoms with E-state index in [0.717, 1.165) is 33.5 Å². The number of hydrogen-bond acceptors (Lipinski definition) is 3. The monoisotopic (exact) mass is 491 g/mol. The summed E-state index contributed by atoms with van der Waals surface area (Å²) in [6.45, 7) is 7.19. The molecule has 1 heterocycles. The van der Waals surface area contributed by atoms with Crippen molar-refractivity contribution >= 4 is 27.2 Å². The zero-order valence-corrected chi connectivity index (χ0v) is 20.7. The van der Waals surface area contributed by atoms with Crippen molar-refractivity contribution in [2.75, 3.05) is 19.0 Å². The molecule has 1 aliphatic rings. The van der Waals surface area contributed by atoms with Gasteiger partial charge >= 0.3 is 0 Å². The Labute approximate surface area is 199 Å². The molecule has 1 aliphatic heterocycles. The van der Waals surface area contributed by atoms with Gasteiger partial charge in [-0.25, -0.2) is 0 Å². The highest BCUT2D eigenvalue weighted by atomic mass is 79.9. The predicted molar refractivity (Wildman–Crippen MR) is 137 cm³/mol. The molecule has 0 saturated heterocycles. The average molecular weight is 492 g/mol. The molecule has 1 N–H and O–H groups in total.